The van der Waals surface area contributed by atoms with Gasteiger partial charge in [0.2, 0.25) is 5.91 Å². The molecule has 1 unspecified atom stereocenters. The van der Waals surface area contributed by atoms with E-state index < -0.39 is 27.0 Å². The summed E-state index contributed by atoms with van der Waals surface area (Å²) in [5, 5.41) is 17.3. The van der Waals surface area contributed by atoms with Gasteiger partial charge in [0, 0.05) is 6.54 Å². The molecule has 0 aliphatic carbocycles. The molecule has 1 aromatic heterocycles. The highest BCUT2D eigenvalue weighted by Gasteiger charge is 2.34. The van der Waals surface area contributed by atoms with Crippen LogP contribution in [0.25, 0.3) is 0 Å². The van der Waals surface area contributed by atoms with E-state index in [1.165, 1.54) is 10.9 Å². The molecule has 0 saturated carbocycles. The Morgan fingerprint density at radius 2 is 2.19 bits per heavy atom. The Kier molecular flexibility index (Phi) is 4.56. The summed E-state index contributed by atoms with van der Waals surface area (Å²) in [6.07, 6.45) is 2.91. The Morgan fingerprint density at radius 3 is 2.81 bits per heavy atom. The molecule has 10 heteroatoms. The molecule has 1 amide bonds. The van der Waals surface area contributed by atoms with Crippen molar-refractivity contribution in [2.75, 3.05) is 12.3 Å². The Morgan fingerprint density at radius 1 is 1.43 bits per heavy atom. The molecule has 2 N–H and O–H groups in total. The minimum Gasteiger partial charge on any atom is -0.476 e. The van der Waals surface area contributed by atoms with Crippen molar-refractivity contribution in [3.63, 3.8) is 0 Å². The van der Waals surface area contributed by atoms with Crippen LogP contribution in [0.3, 0.4) is 0 Å². The predicted octanol–water partition coefficient (Wildman–Crippen LogP) is -0.940. The third kappa shape index (κ3) is 3.78. The molecule has 0 radical (unpaired) electrons. The molecule has 21 heavy (non-hydrogen) atoms. The number of hydrogen-bond acceptors (Lipinski definition) is 6. The lowest BCUT2D eigenvalue weighted by Gasteiger charge is -2.21. The van der Waals surface area contributed by atoms with Gasteiger partial charge in [-0.15, -0.1) is 5.10 Å². The first-order chi connectivity index (χ1) is 9.90. The molecule has 2 heterocycles. The van der Waals surface area contributed by atoms with Crippen LogP contribution in [0, 0.1) is 0 Å². The number of hydrogen-bond donors (Lipinski definition) is 2. The average Bonchev–Trinajstić information content (AvgIpc) is 2.87. The van der Waals surface area contributed by atoms with Gasteiger partial charge in [0.05, 0.1) is 18.5 Å². The normalized spacial score (nSPS) is 20.9. The molecule has 1 saturated heterocycles. The first-order valence-corrected chi connectivity index (χ1v) is 8.24. The molecule has 1 aliphatic heterocycles. The number of sulfone groups is 1. The Bertz CT molecular complexity index is 639. The molecule has 2 rings (SSSR count). The van der Waals surface area contributed by atoms with Gasteiger partial charge in [-0.25, -0.2) is 17.9 Å². The van der Waals surface area contributed by atoms with Crippen molar-refractivity contribution >= 4 is 21.7 Å². The van der Waals surface area contributed by atoms with Crippen molar-refractivity contribution in [3.05, 3.63) is 11.9 Å². The van der Waals surface area contributed by atoms with Crippen molar-refractivity contribution in [3.8, 4) is 0 Å². The lowest BCUT2D eigenvalue weighted by molar-refractivity contribution is -0.120. The van der Waals surface area contributed by atoms with Gasteiger partial charge in [-0.2, -0.15) is 0 Å². The van der Waals surface area contributed by atoms with Gasteiger partial charge in [0.15, 0.2) is 15.5 Å². The molecule has 0 aromatic carbocycles. The molecular weight excluding hydrogens is 300 g/mol. The van der Waals surface area contributed by atoms with E-state index in [0.717, 1.165) is 6.42 Å². The quantitative estimate of drug-likeness (QED) is 0.716. The summed E-state index contributed by atoms with van der Waals surface area (Å²) in [5.41, 5.74) is -0.184. The molecule has 0 bridgehead atoms. The van der Waals surface area contributed by atoms with Crippen molar-refractivity contribution in [2.45, 2.75) is 31.1 Å². The third-order valence-electron chi connectivity index (χ3n) is 3.27. The van der Waals surface area contributed by atoms with Gasteiger partial charge < -0.3 is 10.4 Å². The van der Waals surface area contributed by atoms with Crippen LogP contribution in [0.4, 0.5) is 0 Å². The summed E-state index contributed by atoms with van der Waals surface area (Å²) in [6, 6.07) is 0. The number of nitrogens with zero attached hydrogens (tertiary/aromatic N) is 3. The largest absolute Gasteiger partial charge is 0.476 e. The SMILES string of the molecule is O=C(O)c1cn(CCNC(=O)C2CCCCS2(=O)=O)nn1. The number of carbonyl (C=O) groups is 2. The van der Waals surface area contributed by atoms with E-state index in [1.54, 1.807) is 0 Å². The van der Waals surface area contributed by atoms with Gasteiger partial charge in [0.1, 0.15) is 5.25 Å². The summed E-state index contributed by atoms with van der Waals surface area (Å²) in [5.74, 6) is -1.64. The highest BCUT2D eigenvalue weighted by Crippen LogP contribution is 2.19. The molecule has 1 fully saturated rings. The van der Waals surface area contributed by atoms with E-state index in [9.17, 15) is 18.0 Å². The van der Waals surface area contributed by atoms with E-state index >= 15 is 0 Å². The summed E-state index contributed by atoms with van der Waals surface area (Å²) in [7, 11) is -3.35. The number of aromatic nitrogens is 3. The number of carbonyl (C=O) groups excluding carboxylic acids is 1. The highest BCUT2D eigenvalue weighted by atomic mass is 32.2. The molecule has 116 valence electrons. The van der Waals surface area contributed by atoms with E-state index in [-0.39, 0.29) is 24.5 Å². The predicted molar refractivity (Wildman–Crippen MR) is 71.4 cm³/mol. The monoisotopic (exact) mass is 316 g/mol. The van der Waals surface area contributed by atoms with Crippen molar-refractivity contribution in [1.82, 2.24) is 20.3 Å². The molecular formula is C11H16N4O5S. The van der Waals surface area contributed by atoms with Gasteiger partial charge in [0.25, 0.3) is 0 Å². The van der Waals surface area contributed by atoms with Gasteiger partial charge >= 0.3 is 5.97 Å². The summed E-state index contributed by atoms with van der Waals surface area (Å²) < 4.78 is 24.8. The van der Waals surface area contributed by atoms with E-state index in [4.69, 9.17) is 5.11 Å². The lowest BCUT2D eigenvalue weighted by Crippen LogP contribution is -2.43. The molecule has 0 spiro atoms. The number of amides is 1. The van der Waals surface area contributed by atoms with E-state index in [2.05, 4.69) is 15.6 Å². The zero-order chi connectivity index (χ0) is 15.5. The second-order valence-electron chi connectivity index (χ2n) is 4.81. The van der Waals surface area contributed by atoms with Crippen molar-refractivity contribution < 1.29 is 23.1 Å². The zero-order valence-electron chi connectivity index (χ0n) is 11.2. The van der Waals surface area contributed by atoms with Crippen LogP contribution >= 0.6 is 0 Å². The van der Waals surface area contributed by atoms with Gasteiger partial charge in [-0.3, -0.25) is 4.79 Å². The van der Waals surface area contributed by atoms with Crippen molar-refractivity contribution in [1.29, 1.82) is 0 Å². The lowest BCUT2D eigenvalue weighted by atomic mass is 10.2. The van der Waals surface area contributed by atoms with Crippen LogP contribution in [0.2, 0.25) is 0 Å². The van der Waals surface area contributed by atoms with Crippen LogP contribution in [0.15, 0.2) is 6.20 Å². The maximum Gasteiger partial charge on any atom is 0.358 e. The fraction of sp³-hybridized carbons (Fsp3) is 0.636. The summed E-state index contributed by atoms with van der Waals surface area (Å²) in [4.78, 5) is 22.5. The Hall–Kier alpha value is -1.97. The van der Waals surface area contributed by atoms with Crippen LogP contribution in [0.5, 0.6) is 0 Å². The standard InChI is InChI=1S/C11H16N4O5S/c16-10(9-3-1-2-6-21(9,19)20)12-4-5-15-7-8(11(17)18)13-14-15/h7,9H,1-6H2,(H,12,16)(H,17,18). The number of carboxylic acids is 1. The fourth-order valence-corrected chi connectivity index (χ4v) is 3.99. The number of carboxylic acid groups (broad SMARTS) is 1. The number of rotatable bonds is 5. The van der Waals surface area contributed by atoms with Gasteiger partial charge in [-0.1, -0.05) is 11.6 Å². The van der Waals surface area contributed by atoms with Gasteiger partial charge in [-0.05, 0) is 12.8 Å². The second kappa shape index (κ2) is 6.20. The van der Waals surface area contributed by atoms with Crippen LogP contribution in [-0.4, -0.2) is 57.9 Å². The first kappa shape index (κ1) is 15.4. The minimum atomic E-state index is -3.35. The van der Waals surface area contributed by atoms with E-state index in [0.29, 0.717) is 12.8 Å². The number of aromatic carboxylic acids is 1. The summed E-state index contributed by atoms with van der Waals surface area (Å²) >= 11 is 0. The highest BCUT2D eigenvalue weighted by molar-refractivity contribution is 7.92. The first-order valence-electron chi connectivity index (χ1n) is 6.53. The topological polar surface area (TPSA) is 131 Å². The Labute approximate surface area is 121 Å². The summed E-state index contributed by atoms with van der Waals surface area (Å²) in [6.45, 7) is 0.381. The van der Waals surface area contributed by atoms with Crippen LogP contribution in [0.1, 0.15) is 29.8 Å². The molecule has 1 aromatic rings. The van der Waals surface area contributed by atoms with Crippen LogP contribution in [-0.2, 0) is 21.2 Å². The third-order valence-corrected chi connectivity index (χ3v) is 5.44. The molecule has 1 atom stereocenters. The fourth-order valence-electron chi connectivity index (χ4n) is 2.16. The zero-order valence-corrected chi connectivity index (χ0v) is 12.0. The number of nitrogens with one attached hydrogen (secondary N) is 1. The average molecular weight is 316 g/mol. The second-order valence-corrected chi connectivity index (χ2v) is 7.12. The Balaban J connectivity index is 1.85. The van der Waals surface area contributed by atoms with Crippen LogP contribution < -0.4 is 5.32 Å². The molecule has 9 nitrogen and oxygen atoms in total. The molecule has 1 aliphatic rings. The van der Waals surface area contributed by atoms with E-state index in [1.807, 2.05) is 0 Å². The maximum atomic E-state index is 11.9. The minimum absolute atomic E-state index is 0.0517. The smallest absolute Gasteiger partial charge is 0.358 e. The maximum absolute atomic E-state index is 11.9. The van der Waals surface area contributed by atoms with Crippen molar-refractivity contribution in [2.24, 2.45) is 0 Å².